The lowest BCUT2D eigenvalue weighted by atomic mass is 9.99. The van der Waals surface area contributed by atoms with Crippen molar-refractivity contribution in [1.29, 1.82) is 0 Å². The van der Waals surface area contributed by atoms with Crippen LogP contribution in [0.3, 0.4) is 0 Å². The number of carbonyl (C=O) groups is 1. The number of rotatable bonds is 10. The van der Waals surface area contributed by atoms with Crippen molar-refractivity contribution in [2.75, 3.05) is 32.9 Å². The Kier molecular flexibility index (Phi) is 8.72. The van der Waals surface area contributed by atoms with Crippen molar-refractivity contribution < 1.29 is 14.3 Å². The van der Waals surface area contributed by atoms with E-state index < -0.39 is 0 Å². The van der Waals surface area contributed by atoms with Gasteiger partial charge in [0.25, 0.3) is 5.91 Å². The second-order valence-corrected chi connectivity index (χ2v) is 7.98. The van der Waals surface area contributed by atoms with E-state index in [0.29, 0.717) is 37.7 Å². The molecule has 2 aromatic rings. The van der Waals surface area contributed by atoms with Gasteiger partial charge < -0.3 is 14.8 Å². The summed E-state index contributed by atoms with van der Waals surface area (Å²) in [5, 5.41) is 3.07. The van der Waals surface area contributed by atoms with Gasteiger partial charge in [-0.1, -0.05) is 43.3 Å². The van der Waals surface area contributed by atoms with Crippen LogP contribution < -0.4 is 10.1 Å². The van der Waals surface area contributed by atoms with Gasteiger partial charge in [-0.3, -0.25) is 9.69 Å². The maximum Gasteiger partial charge on any atom is 0.255 e. The van der Waals surface area contributed by atoms with E-state index in [1.807, 2.05) is 31.2 Å². The van der Waals surface area contributed by atoms with Crippen LogP contribution in [0.25, 0.3) is 0 Å². The van der Waals surface area contributed by atoms with Gasteiger partial charge in [0.1, 0.15) is 12.4 Å². The van der Waals surface area contributed by atoms with E-state index in [2.05, 4.69) is 35.3 Å². The molecule has 1 N–H and O–H groups in total. The van der Waals surface area contributed by atoms with E-state index in [0.717, 1.165) is 25.6 Å². The lowest BCUT2D eigenvalue weighted by Gasteiger charge is -2.31. The van der Waals surface area contributed by atoms with Crippen LogP contribution in [0.4, 0.5) is 0 Å². The highest BCUT2D eigenvalue weighted by molar-refractivity contribution is 5.96. The average molecular weight is 411 g/mol. The number of piperidine rings is 1. The van der Waals surface area contributed by atoms with Gasteiger partial charge in [-0.15, -0.1) is 0 Å². The van der Waals surface area contributed by atoms with Gasteiger partial charge in [-0.05, 0) is 55.5 Å². The molecule has 0 radical (unpaired) electrons. The fourth-order valence-corrected chi connectivity index (χ4v) is 3.96. The van der Waals surface area contributed by atoms with Crippen LogP contribution in [-0.4, -0.2) is 43.7 Å². The highest BCUT2D eigenvalue weighted by Crippen LogP contribution is 2.21. The molecule has 0 saturated carbocycles. The molecule has 1 amide bonds. The van der Waals surface area contributed by atoms with Gasteiger partial charge in [-0.2, -0.15) is 0 Å². The first-order valence-corrected chi connectivity index (χ1v) is 11.0. The Balaban J connectivity index is 1.60. The number of ether oxygens (including phenoxy) is 2. The normalized spacial score (nSPS) is 16.9. The summed E-state index contributed by atoms with van der Waals surface area (Å²) in [7, 11) is 0. The Morgan fingerprint density at radius 3 is 2.67 bits per heavy atom. The molecule has 30 heavy (non-hydrogen) atoms. The van der Waals surface area contributed by atoms with Crippen molar-refractivity contribution in [3.8, 4) is 5.75 Å². The summed E-state index contributed by atoms with van der Waals surface area (Å²) in [6.07, 6.45) is 2.58. The molecule has 5 nitrogen and oxygen atoms in total. The van der Waals surface area contributed by atoms with Gasteiger partial charge in [0, 0.05) is 26.2 Å². The highest BCUT2D eigenvalue weighted by atomic mass is 16.5. The summed E-state index contributed by atoms with van der Waals surface area (Å²) in [4.78, 5) is 15.4. The number of carbonyl (C=O) groups excluding carboxylic acids is 1. The molecule has 1 fully saturated rings. The number of likely N-dealkylation sites (tertiary alicyclic amines) is 1. The number of benzene rings is 2. The van der Waals surface area contributed by atoms with Crippen molar-refractivity contribution in [1.82, 2.24) is 10.2 Å². The summed E-state index contributed by atoms with van der Waals surface area (Å²) in [5.74, 6) is 1.22. The monoisotopic (exact) mass is 410 g/mol. The number of para-hydroxylation sites is 1. The summed E-state index contributed by atoms with van der Waals surface area (Å²) in [5.41, 5.74) is 3.00. The quantitative estimate of drug-likeness (QED) is 0.595. The Morgan fingerprint density at radius 2 is 1.87 bits per heavy atom. The predicted molar refractivity (Wildman–Crippen MR) is 120 cm³/mol. The van der Waals surface area contributed by atoms with Crippen molar-refractivity contribution in [2.24, 2.45) is 5.92 Å². The van der Waals surface area contributed by atoms with Crippen LogP contribution in [0.1, 0.15) is 48.2 Å². The molecule has 162 valence electrons. The van der Waals surface area contributed by atoms with Crippen LogP contribution in [0, 0.1) is 5.92 Å². The number of nitrogens with zero attached hydrogens (tertiary/aromatic N) is 1. The van der Waals surface area contributed by atoms with Crippen LogP contribution in [0.15, 0.2) is 48.5 Å². The van der Waals surface area contributed by atoms with E-state index in [-0.39, 0.29) is 5.91 Å². The Bertz CT molecular complexity index is 808. The SMILES string of the molecule is CCOCCOc1ccccc1C(=O)NCc1ccccc1CN1CCCC(C)C1. The minimum Gasteiger partial charge on any atom is -0.490 e. The van der Waals surface area contributed by atoms with E-state index in [4.69, 9.17) is 9.47 Å². The van der Waals surface area contributed by atoms with Gasteiger partial charge in [0.2, 0.25) is 0 Å². The maximum atomic E-state index is 12.8. The second-order valence-electron chi connectivity index (χ2n) is 7.98. The molecule has 1 saturated heterocycles. The zero-order valence-electron chi connectivity index (χ0n) is 18.2. The third-order valence-electron chi connectivity index (χ3n) is 5.51. The van der Waals surface area contributed by atoms with Gasteiger partial charge in [-0.25, -0.2) is 0 Å². The average Bonchev–Trinajstić information content (AvgIpc) is 2.76. The molecule has 0 bridgehead atoms. The molecular weight excluding hydrogens is 376 g/mol. The number of hydrogen-bond donors (Lipinski definition) is 1. The van der Waals surface area contributed by atoms with Crippen LogP contribution in [0.2, 0.25) is 0 Å². The van der Waals surface area contributed by atoms with E-state index >= 15 is 0 Å². The first-order valence-electron chi connectivity index (χ1n) is 11.0. The summed E-state index contributed by atoms with van der Waals surface area (Å²) < 4.78 is 11.1. The standard InChI is InChI=1S/C25H34N2O3/c1-3-29-15-16-30-24-13-7-6-12-23(24)25(28)26-17-21-10-4-5-11-22(21)19-27-14-8-9-20(2)18-27/h4-7,10-13,20H,3,8-9,14-19H2,1-2H3,(H,26,28). The van der Waals surface area contributed by atoms with E-state index in [9.17, 15) is 4.79 Å². The smallest absolute Gasteiger partial charge is 0.255 e. The van der Waals surface area contributed by atoms with Crippen molar-refractivity contribution >= 4 is 5.91 Å². The van der Waals surface area contributed by atoms with Crippen molar-refractivity contribution in [3.05, 3.63) is 65.2 Å². The Labute approximate surface area is 180 Å². The van der Waals surface area contributed by atoms with E-state index in [1.54, 1.807) is 6.07 Å². The zero-order chi connectivity index (χ0) is 21.2. The lowest BCUT2D eigenvalue weighted by molar-refractivity contribution is 0.0933. The molecular formula is C25H34N2O3. The topological polar surface area (TPSA) is 50.8 Å². The summed E-state index contributed by atoms with van der Waals surface area (Å²) >= 11 is 0. The van der Waals surface area contributed by atoms with Gasteiger partial charge >= 0.3 is 0 Å². The van der Waals surface area contributed by atoms with E-state index in [1.165, 1.54) is 24.0 Å². The molecule has 3 rings (SSSR count). The zero-order valence-corrected chi connectivity index (χ0v) is 18.2. The number of hydrogen-bond acceptors (Lipinski definition) is 4. The van der Waals surface area contributed by atoms with Gasteiger partial charge in [0.05, 0.1) is 12.2 Å². The van der Waals surface area contributed by atoms with Crippen molar-refractivity contribution in [2.45, 2.75) is 39.8 Å². The Hall–Kier alpha value is -2.37. The van der Waals surface area contributed by atoms with Crippen LogP contribution in [-0.2, 0) is 17.8 Å². The molecule has 1 aliphatic heterocycles. The second kappa shape index (κ2) is 11.7. The molecule has 0 spiro atoms. The fourth-order valence-electron chi connectivity index (χ4n) is 3.96. The van der Waals surface area contributed by atoms with Gasteiger partial charge in [0.15, 0.2) is 0 Å². The summed E-state index contributed by atoms with van der Waals surface area (Å²) in [6.45, 7) is 9.60. The molecule has 0 aromatic heterocycles. The minimum atomic E-state index is -0.122. The minimum absolute atomic E-state index is 0.122. The molecule has 5 heteroatoms. The van der Waals surface area contributed by atoms with Crippen molar-refractivity contribution in [3.63, 3.8) is 0 Å². The Morgan fingerprint density at radius 1 is 1.10 bits per heavy atom. The maximum absolute atomic E-state index is 12.8. The first-order chi connectivity index (χ1) is 14.7. The number of amides is 1. The third kappa shape index (κ3) is 6.57. The molecule has 1 aliphatic rings. The predicted octanol–water partition coefficient (Wildman–Crippen LogP) is 4.26. The molecule has 1 heterocycles. The highest BCUT2D eigenvalue weighted by Gasteiger charge is 2.18. The lowest BCUT2D eigenvalue weighted by Crippen LogP contribution is -2.34. The largest absolute Gasteiger partial charge is 0.490 e. The molecule has 1 unspecified atom stereocenters. The van der Waals surface area contributed by atoms with Crippen LogP contribution >= 0.6 is 0 Å². The summed E-state index contributed by atoms with van der Waals surface area (Å²) in [6, 6.07) is 15.7. The number of nitrogens with one attached hydrogen (secondary N) is 1. The first kappa shape index (κ1) is 22.3. The third-order valence-corrected chi connectivity index (χ3v) is 5.51. The van der Waals surface area contributed by atoms with Crippen LogP contribution in [0.5, 0.6) is 5.75 Å². The molecule has 2 aromatic carbocycles. The fraction of sp³-hybridized carbons (Fsp3) is 0.480. The molecule has 0 aliphatic carbocycles. The molecule has 1 atom stereocenters.